The first-order valence-corrected chi connectivity index (χ1v) is 6.74. The monoisotopic (exact) mass is 332 g/mol. The van der Waals surface area contributed by atoms with Crippen molar-refractivity contribution in [2.45, 2.75) is 12.5 Å². The molecule has 0 fully saturated rings. The van der Waals surface area contributed by atoms with Crippen LogP contribution in [0.4, 0.5) is 8.78 Å². The van der Waals surface area contributed by atoms with E-state index < -0.39 is 17.2 Å². The molecule has 0 bridgehead atoms. The van der Waals surface area contributed by atoms with E-state index in [4.69, 9.17) is 27.9 Å². The van der Waals surface area contributed by atoms with Crippen molar-refractivity contribution < 1.29 is 18.6 Å². The average molecular weight is 333 g/mol. The number of rotatable bonds is 3. The van der Waals surface area contributed by atoms with Gasteiger partial charge in [-0.1, -0.05) is 29.3 Å². The van der Waals surface area contributed by atoms with E-state index >= 15 is 0 Å². The zero-order chi connectivity index (χ0) is 15.8. The van der Waals surface area contributed by atoms with E-state index in [-0.39, 0.29) is 26.9 Å². The van der Waals surface area contributed by atoms with Crippen LogP contribution in [0.15, 0.2) is 30.3 Å². The quantitative estimate of drug-likeness (QED) is 0.836. The summed E-state index contributed by atoms with van der Waals surface area (Å²) in [6.45, 7) is 1.39. The largest absolute Gasteiger partial charge is 0.494 e. The van der Waals surface area contributed by atoms with E-state index in [0.717, 1.165) is 12.1 Å². The van der Waals surface area contributed by atoms with Crippen molar-refractivity contribution in [3.63, 3.8) is 0 Å². The summed E-state index contributed by atoms with van der Waals surface area (Å²) in [7, 11) is 1.33. The van der Waals surface area contributed by atoms with Crippen LogP contribution in [0.25, 0.3) is 0 Å². The fourth-order valence-electron chi connectivity index (χ4n) is 2.02. The molecule has 1 N–H and O–H groups in total. The van der Waals surface area contributed by atoms with E-state index in [2.05, 4.69) is 0 Å². The Morgan fingerprint density at radius 3 is 2.29 bits per heavy atom. The molecule has 21 heavy (non-hydrogen) atoms. The molecule has 6 heteroatoms. The highest BCUT2D eigenvalue weighted by Gasteiger charge is 2.30. The summed E-state index contributed by atoms with van der Waals surface area (Å²) < 4.78 is 32.2. The van der Waals surface area contributed by atoms with Crippen LogP contribution in [0.2, 0.25) is 10.0 Å². The molecule has 0 aliphatic rings. The zero-order valence-electron chi connectivity index (χ0n) is 11.3. The summed E-state index contributed by atoms with van der Waals surface area (Å²) >= 11 is 11.6. The second-order valence-corrected chi connectivity index (χ2v) is 5.48. The molecule has 0 amide bonds. The maximum absolute atomic E-state index is 13.8. The lowest BCUT2D eigenvalue weighted by Crippen LogP contribution is -2.23. The molecule has 2 aromatic carbocycles. The summed E-state index contributed by atoms with van der Waals surface area (Å²) in [6, 6.07) is 6.20. The van der Waals surface area contributed by atoms with Crippen molar-refractivity contribution in [3.8, 4) is 5.75 Å². The molecule has 0 aliphatic carbocycles. The fraction of sp³-hybridized carbons (Fsp3) is 0.200. The normalized spacial score (nSPS) is 13.9. The molecule has 0 aromatic heterocycles. The van der Waals surface area contributed by atoms with Crippen molar-refractivity contribution in [2.24, 2.45) is 0 Å². The second kappa shape index (κ2) is 5.79. The van der Waals surface area contributed by atoms with E-state index in [0.29, 0.717) is 0 Å². The summed E-state index contributed by atoms with van der Waals surface area (Å²) in [4.78, 5) is 0. The van der Waals surface area contributed by atoms with E-state index in [1.54, 1.807) is 0 Å². The van der Waals surface area contributed by atoms with Gasteiger partial charge in [0.15, 0.2) is 11.6 Å². The summed E-state index contributed by atoms with van der Waals surface area (Å²) in [5.74, 6) is -1.31. The van der Waals surface area contributed by atoms with Gasteiger partial charge in [0.2, 0.25) is 0 Å². The molecule has 0 heterocycles. The lowest BCUT2D eigenvalue weighted by molar-refractivity contribution is 0.101. The lowest BCUT2D eigenvalue weighted by Gasteiger charge is -2.26. The second-order valence-electron chi connectivity index (χ2n) is 4.67. The zero-order valence-corrected chi connectivity index (χ0v) is 12.8. The van der Waals surface area contributed by atoms with Gasteiger partial charge in [0.1, 0.15) is 11.4 Å². The predicted octanol–water partition coefficient (Wildman–Crippen LogP) is 4.54. The lowest BCUT2D eigenvalue weighted by atomic mass is 9.88. The molecule has 1 atom stereocenters. The third kappa shape index (κ3) is 2.98. The summed E-state index contributed by atoms with van der Waals surface area (Å²) in [6.07, 6.45) is 0. The number of methoxy groups -OCH3 is 1. The van der Waals surface area contributed by atoms with Gasteiger partial charge in [0.05, 0.1) is 12.1 Å². The van der Waals surface area contributed by atoms with E-state index in [1.165, 1.54) is 32.2 Å². The summed E-state index contributed by atoms with van der Waals surface area (Å²) in [5, 5.41) is 10.6. The highest BCUT2D eigenvalue weighted by Crippen LogP contribution is 2.37. The predicted molar refractivity (Wildman–Crippen MR) is 78.0 cm³/mol. The van der Waals surface area contributed by atoms with Crippen molar-refractivity contribution in [1.29, 1.82) is 0 Å². The van der Waals surface area contributed by atoms with Crippen LogP contribution in [0.5, 0.6) is 5.75 Å². The van der Waals surface area contributed by atoms with Crippen molar-refractivity contribution in [3.05, 3.63) is 63.1 Å². The van der Waals surface area contributed by atoms with Crippen molar-refractivity contribution >= 4 is 23.2 Å². The van der Waals surface area contributed by atoms with Crippen LogP contribution >= 0.6 is 23.2 Å². The standard InChI is InChI=1S/C15H12Cl2F2O2/c1-15(20,8-3-4-14(21-2)13(19)5-8)9-6-12(18)11(17)7-10(9)16/h3-7,20H,1-2H3. The molecule has 0 aliphatic heterocycles. The Labute approximate surface area is 130 Å². The Bertz CT molecular complexity index is 688. The van der Waals surface area contributed by atoms with Crippen molar-refractivity contribution in [2.75, 3.05) is 7.11 Å². The molecule has 112 valence electrons. The van der Waals surface area contributed by atoms with Gasteiger partial charge in [-0.15, -0.1) is 0 Å². The molecule has 2 aromatic rings. The highest BCUT2D eigenvalue weighted by atomic mass is 35.5. The Morgan fingerprint density at radius 1 is 1.05 bits per heavy atom. The number of hydrogen-bond acceptors (Lipinski definition) is 2. The topological polar surface area (TPSA) is 29.5 Å². The first-order chi connectivity index (χ1) is 9.77. The number of ether oxygens (including phenoxy) is 1. The van der Waals surface area contributed by atoms with Gasteiger partial charge in [-0.3, -0.25) is 0 Å². The maximum atomic E-state index is 13.8. The van der Waals surface area contributed by atoms with Crippen LogP contribution in [0, 0.1) is 11.6 Å². The Hall–Kier alpha value is -1.36. The van der Waals surface area contributed by atoms with Gasteiger partial charge >= 0.3 is 0 Å². The van der Waals surface area contributed by atoms with Crippen LogP contribution in [0.1, 0.15) is 18.1 Å². The van der Waals surface area contributed by atoms with Gasteiger partial charge in [-0.25, -0.2) is 8.78 Å². The number of benzene rings is 2. The minimum absolute atomic E-state index is 0.0444. The van der Waals surface area contributed by atoms with Crippen LogP contribution in [-0.4, -0.2) is 12.2 Å². The van der Waals surface area contributed by atoms with Crippen molar-refractivity contribution in [1.82, 2.24) is 0 Å². The van der Waals surface area contributed by atoms with Crippen LogP contribution in [-0.2, 0) is 5.60 Å². The number of aliphatic hydroxyl groups is 1. The van der Waals surface area contributed by atoms with Gasteiger partial charge in [-0.05, 0) is 36.8 Å². The van der Waals surface area contributed by atoms with Gasteiger partial charge in [0.25, 0.3) is 0 Å². The molecule has 2 rings (SSSR count). The molecular weight excluding hydrogens is 321 g/mol. The van der Waals surface area contributed by atoms with E-state index in [1.807, 2.05) is 0 Å². The molecular formula is C15H12Cl2F2O2. The number of hydrogen-bond donors (Lipinski definition) is 1. The summed E-state index contributed by atoms with van der Waals surface area (Å²) in [5.41, 5.74) is -1.38. The fourth-order valence-corrected chi connectivity index (χ4v) is 2.59. The minimum Gasteiger partial charge on any atom is -0.494 e. The maximum Gasteiger partial charge on any atom is 0.165 e. The first kappa shape index (κ1) is 16.0. The third-order valence-corrected chi connectivity index (χ3v) is 3.85. The Morgan fingerprint density at radius 2 is 1.71 bits per heavy atom. The average Bonchev–Trinajstić information content (AvgIpc) is 2.42. The smallest absolute Gasteiger partial charge is 0.165 e. The number of halogens is 4. The molecule has 0 spiro atoms. The minimum atomic E-state index is -1.68. The first-order valence-electron chi connectivity index (χ1n) is 5.98. The molecule has 1 unspecified atom stereocenters. The van der Waals surface area contributed by atoms with Crippen LogP contribution < -0.4 is 4.74 Å². The van der Waals surface area contributed by atoms with E-state index in [9.17, 15) is 13.9 Å². The Balaban J connectivity index is 2.56. The van der Waals surface area contributed by atoms with Gasteiger partial charge in [-0.2, -0.15) is 0 Å². The molecule has 0 radical (unpaired) electrons. The van der Waals surface area contributed by atoms with Gasteiger partial charge in [0, 0.05) is 10.6 Å². The highest BCUT2D eigenvalue weighted by molar-refractivity contribution is 6.35. The van der Waals surface area contributed by atoms with Crippen LogP contribution in [0.3, 0.4) is 0 Å². The molecule has 0 saturated carbocycles. The van der Waals surface area contributed by atoms with Gasteiger partial charge < -0.3 is 9.84 Å². The SMILES string of the molecule is COc1ccc(C(C)(O)c2cc(F)c(Cl)cc2Cl)cc1F. The Kier molecular flexibility index (Phi) is 4.42. The molecule has 2 nitrogen and oxygen atoms in total. The third-order valence-electron chi connectivity index (χ3n) is 3.25. The molecule has 0 saturated heterocycles.